The van der Waals surface area contributed by atoms with Crippen molar-refractivity contribution in [1.82, 2.24) is 19.5 Å². The number of H-pyrrole nitrogens is 1. The summed E-state index contributed by atoms with van der Waals surface area (Å²) >= 11 is 3.23. The second-order valence-corrected chi connectivity index (χ2v) is 7.10. The lowest BCUT2D eigenvalue weighted by molar-refractivity contribution is -0.166. The van der Waals surface area contributed by atoms with Gasteiger partial charge in [-0.05, 0) is 15.9 Å². The summed E-state index contributed by atoms with van der Waals surface area (Å²) in [5.74, 6) is -2.09. The van der Waals surface area contributed by atoms with Crippen LogP contribution in [-0.4, -0.2) is 62.3 Å². The molecule has 1 unspecified atom stereocenters. The molecule has 13 nitrogen and oxygen atoms in total. The van der Waals surface area contributed by atoms with Gasteiger partial charge in [0.15, 0.2) is 34.3 Å². The van der Waals surface area contributed by atoms with Crippen molar-refractivity contribution in [3.05, 3.63) is 15.1 Å². The van der Waals surface area contributed by atoms with Crippen molar-refractivity contribution in [2.75, 3.05) is 12.3 Å². The Hall–Kier alpha value is -3.00. The van der Waals surface area contributed by atoms with Gasteiger partial charge in [0, 0.05) is 20.8 Å². The lowest BCUT2D eigenvalue weighted by Gasteiger charge is -2.24. The number of imidazole rings is 1. The number of nitrogens with one attached hydrogen (secondary N) is 1. The molecule has 1 fully saturated rings. The van der Waals surface area contributed by atoms with E-state index in [2.05, 4.69) is 30.9 Å². The van der Waals surface area contributed by atoms with Crippen LogP contribution in [0.25, 0.3) is 11.2 Å². The van der Waals surface area contributed by atoms with Crippen LogP contribution in [0.4, 0.5) is 5.95 Å². The molecule has 4 atom stereocenters. The smallest absolute Gasteiger partial charge is 0.303 e. The van der Waals surface area contributed by atoms with Crippen LogP contribution in [0.1, 0.15) is 27.0 Å². The van der Waals surface area contributed by atoms with Crippen LogP contribution in [0, 0.1) is 0 Å². The molecule has 3 heterocycles. The van der Waals surface area contributed by atoms with Gasteiger partial charge in [0.1, 0.15) is 12.7 Å². The highest BCUT2D eigenvalue weighted by Gasteiger charge is 2.51. The van der Waals surface area contributed by atoms with Gasteiger partial charge in [-0.3, -0.25) is 28.7 Å². The number of hydrogen-bond donors (Lipinski definition) is 2. The molecule has 2 aromatic heterocycles. The molecule has 0 spiro atoms. The summed E-state index contributed by atoms with van der Waals surface area (Å²) < 4.78 is 23.0. The zero-order valence-corrected chi connectivity index (χ0v) is 17.7. The predicted molar refractivity (Wildman–Crippen MR) is 102 cm³/mol. The van der Waals surface area contributed by atoms with E-state index in [1.807, 2.05) is 0 Å². The highest BCUT2D eigenvalue weighted by molar-refractivity contribution is 9.10. The molecule has 0 aliphatic carbocycles. The summed E-state index contributed by atoms with van der Waals surface area (Å²) in [5.41, 5.74) is 5.05. The Kier molecular flexibility index (Phi) is 6.07. The lowest BCUT2D eigenvalue weighted by atomic mass is 10.1. The number of nitrogens with two attached hydrogens (primary N) is 1. The number of aromatic amines is 1. The third kappa shape index (κ3) is 4.28. The lowest BCUT2D eigenvalue weighted by Crippen LogP contribution is -2.40. The van der Waals surface area contributed by atoms with Crippen LogP contribution in [0.5, 0.6) is 0 Å². The van der Waals surface area contributed by atoms with Crippen molar-refractivity contribution in [3.8, 4) is 0 Å². The first-order chi connectivity index (χ1) is 14.1. The number of anilines is 1. The van der Waals surface area contributed by atoms with Crippen molar-refractivity contribution < 1.29 is 33.3 Å². The van der Waals surface area contributed by atoms with Crippen molar-refractivity contribution in [1.29, 1.82) is 0 Å². The first-order valence-corrected chi connectivity index (χ1v) is 9.44. The number of aromatic nitrogens is 4. The van der Waals surface area contributed by atoms with Crippen LogP contribution in [0.2, 0.25) is 0 Å². The van der Waals surface area contributed by atoms with Crippen LogP contribution >= 0.6 is 15.9 Å². The van der Waals surface area contributed by atoms with E-state index in [0.29, 0.717) is 0 Å². The number of ether oxygens (including phenoxy) is 4. The summed E-state index contributed by atoms with van der Waals surface area (Å²) in [6, 6.07) is 0. The predicted octanol–water partition coefficient (Wildman–Crippen LogP) is -0.212. The molecule has 1 aliphatic heterocycles. The molecule has 2 aromatic rings. The molecule has 1 saturated heterocycles. The molecular formula is C16H18BrN5O8. The quantitative estimate of drug-likeness (QED) is 0.323. The summed E-state index contributed by atoms with van der Waals surface area (Å²) in [6.07, 6.45) is -4.38. The number of carbonyl (C=O) groups is 3. The summed E-state index contributed by atoms with van der Waals surface area (Å²) in [5, 5.41) is 0. The maximum Gasteiger partial charge on any atom is 0.303 e. The normalized spacial score (nSPS) is 23.3. The molecular weight excluding hydrogens is 470 g/mol. The third-order valence-corrected chi connectivity index (χ3v) is 4.68. The number of carbonyl (C=O) groups excluding carboxylic acids is 3. The molecule has 3 rings (SSSR count). The van der Waals surface area contributed by atoms with Crippen LogP contribution in [0.3, 0.4) is 0 Å². The molecule has 14 heteroatoms. The fraction of sp³-hybridized carbons (Fsp3) is 0.500. The van der Waals surface area contributed by atoms with E-state index in [9.17, 15) is 19.2 Å². The minimum absolute atomic E-state index is 0.0417. The van der Waals surface area contributed by atoms with E-state index in [-0.39, 0.29) is 28.5 Å². The van der Waals surface area contributed by atoms with E-state index in [0.717, 1.165) is 0 Å². The van der Waals surface area contributed by atoms with Gasteiger partial charge >= 0.3 is 17.9 Å². The van der Waals surface area contributed by atoms with Gasteiger partial charge in [0.05, 0.1) is 0 Å². The molecule has 162 valence electrons. The van der Waals surface area contributed by atoms with E-state index in [4.69, 9.17) is 24.7 Å². The average Bonchev–Trinajstić information content (AvgIpc) is 3.10. The second-order valence-electron chi connectivity index (χ2n) is 6.39. The van der Waals surface area contributed by atoms with Crippen molar-refractivity contribution in [3.63, 3.8) is 0 Å². The molecule has 0 amide bonds. The van der Waals surface area contributed by atoms with Crippen molar-refractivity contribution in [2.24, 2.45) is 0 Å². The van der Waals surface area contributed by atoms with E-state index >= 15 is 0 Å². The molecule has 0 saturated carbocycles. The van der Waals surface area contributed by atoms with Gasteiger partial charge < -0.3 is 24.7 Å². The largest absolute Gasteiger partial charge is 0.463 e. The highest BCUT2D eigenvalue weighted by atomic mass is 79.9. The third-order valence-electron chi connectivity index (χ3n) is 4.12. The molecule has 1 aliphatic rings. The van der Waals surface area contributed by atoms with Gasteiger partial charge in [-0.2, -0.15) is 4.98 Å². The fourth-order valence-electron chi connectivity index (χ4n) is 3.10. The van der Waals surface area contributed by atoms with Crippen molar-refractivity contribution >= 4 is 51.0 Å². The van der Waals surface area contributed by atoms with E-state index in [1.54, 1.807) is 0 Å². The molecule has 0 bridgehead atoms. The van der Waals surface area contributed by atoms with Crippen molar-refractivity contribution in [2.45, 2.75) is 45.3 Å². The number of esters is 3. The Morgan fingerprint density at radius 2 is 1.77 bits per heavy atom. The molecule has 30 heavy (non-hydrogen) atoms. The fourth-order valence-corrected chi connectivity index (χ4v) is 3.65. The minimum atomic E-state index is -1.16. The Balaban J connectivity index is 2.11. The number of hydrogen-bond acceptors (Lipinski definition) is 11. The average molecular weight is 488 g/mol. The van der Waals surface area contributed by atoms with Gasteiger partial charge in [-0.15, -0.1) is 0 Å². The summed E-state index contributed by atoms with van der Waals surface area (Å²) in [7, 11) is 0. The number of nitrogens with zero attached hydrogens (tertiary/aromatic N) is 3. The zero-order valence-electron chi connectivity index (χ0n) is 16.1. The Morgan fingerprint density at radius 1 is 1.13 bits per heavy atom. The van der Waals surface area contributed by atoms with Crippen LogP contribution in [0.15, 0.2) is 9.53 Å². The second kappa shape index (κ2) is 8.39. The van der Waals surface area contributed by atoms with E-state index in [1.165, 1.54) is 25.3 Å². The van der Waals surface area contributed by atoms with Crippen LogP contribution < -0.4 is 11.3 Å². The number of nitrogen functional groups attached to an aromatic ring is 1. The van der Waals surface area contributed by atoms with Gasteiger partial charge in [-0.25, -0.2) is 4.98 Å². The van der Waals surface area contributed by atoms with Gasteiger partial charge in [0.25, 0.3) is 5.56 Å². The first kappa shape index (κ1) is 21.7. The van der Waals surface area contributed by atoms with Gasteiger partial charge in [0.2, 0.25) is 5.95 Å². The summed E-state index contributed by atoms with van der Waals surface area (Å²) in [4.78, 5) is 57.3. The monoisotopic (exact) mass is 487 g/mol. The Bertz CT molecular complexity index is 1070. The number of rotatable bonds is 5. The molecule has 0 aromatic carbocycles. The minimum Gasteiger partial charge on any atom is -0.463 e. The van der Waals surface area contributed by atoms with Gasteiger partial charge in [-0.1, -0.05) is 0 Å². The molecule has 0 radical (unpaired) electrons. The Morgan fingerprint density at radius 3 is 2.37 bits per heavy atom. The Labute approximate surface area is 177 Å². The van der Waals surface area contributed by atoms with E-state index < -0.39 is 48.0 Å². The van der Waals surface area contributed by atoms with Crippen LogP contribution in [-0.2, 0) is 33.3 Å². The topological polar surface area (TPSA) is 178 Å². The summed E-state index contributed by atoms with van der Waals surface area (Å²) in [6.45, 7) is 3.27. The SMILES string of the molecule is CC(=O)OC[C@H]1O[C@@H](n2c(Br)nc3c(=O)[nH]c(N)nc32)[C@@H](OC(C)=O)C1OC(C)=O. The number of halogens is 1. The maximum absolute atomic E-state index is 12.2. The first-order valence-electron chi connectivity index (χ1n) is 8.65. The maximum atomic E-state index is 12.2. The highest BCUT2D eigenvalue weighted by Crippen LogP contribution is 2.37. The number of fused-ring (bicyclic) bond motifs is 1. The zero-order chi connectivity index (χ0) is 22.2. The standard InChI is InChI=1S/C16H18BrN5O8/c1-5(23)27-4-8-10(28-6(2)24)11(29-7(3)25)14(30-8)22-12-9(19-15(22)17)13(26)21-16(18)20-12/h8,10-11,14H,4H2,1-3H3,(H3,18,20,21,26)/t8-,10?,11+,14-/m1/s1. The molecule has 3 N–H and O–H groups in total.